The van der Waals surface area contributed by atoms with E-state index < -0.39 is 29.6 Å². The summed E-state index contributed by atoms with van der Waals surface area (Å²) in [6.07, 6.45) is -1.95. The van der Waals surface area contributed by atoms with E-state index in [1.165, 1.54) is 12.1 Å². The average molecular weight is 573 g/mol. The van der Waals surface area contributed by atoms with Gasteiger partial charge in [-0.05, 0) is 49.7 Å². The van der Waals surface area contributed by atoms with E-state index in [0.717, 1.165) is 41.6 Å². The van der Waals surface area contributed by atoms with Crippen LogP contribution in [-0.2, 0) is 20.5 Å². The third-order valence-corrected chi connectivity index (χ3v) is 7.94. The number of amides is 3. The molecule has 2 heterocycles. The van der Waals surface area contributed by atoms with Crippen molar-refractivity contribution >= 4 is 52.0 Å². The molecular weight excluding hydrogens is 545 g/mol. The van der Waals surface area contributed by atoms with Crippen LogP contribution in [0.2, 0.25) is 4.34 Å². The molecule has 1 saturated carbocycles. The molecule has 0 spiro atoms. The van der Waals surface area contributed by atoms with Crippen molar-refractivity contribution in [3.63, 3.8) is 0 Å². The van der Waals surface area contributed by atoms with Crippen molar-refractivity contribution in [3.8, 4) is 0 Å². The van der Waals surface area contributed by atoms with Crippen molar-refractivity contribution < 1.29 is 32.3 Å². The molecule has 206 valence electrons. The van der Waals surface area contributed by atoms with Crippen molar-refractivity contribution in [2.45, 2.75) is 44.4 Å². The second-order valence-electron chi connectivity index (χ2n) is 9.06. The molecule has 1 atom stereocenters. The maximum Gasteiger partial charge on any atom is 0.418 e. The van der Waals surface area contributed by atoms with E-state index in [9.17, 15) is 27.6 Å². The van der Waals surface area contributed by atoms with Gasteiger partial charge in [0.15, 0.2) is 0 Å². The fourth-order valence-electron chi connectivity index (χ4n) is 4.60. The molecule has 2 aliphatic rings. The van der Waals surface area contributed by atoms with Crippen molar-refractivity contribution in [2.24, 2.45) is 0 Å². The number of thiophene rings is 1. The van der Waals surface area contributed by atoms with Crippen LogP contribution in [0.3, 0.4) is 0 Å². The number of alkyl halides is 3. The maximum atomic E-state index is 14.0. The first-order valence-electron chi connectivity index (χ1n) is 12.3. The van der Waals surface area contributed by atoms with Crippen molar-refractivity contribution in [3.05, 3.63) is 45.1 Å². The van der Waals surface area contributed by atoms with Crippen molar-refractivity contribution in [1.29, 1.82) is 0 Å². The lowest BCUT2D eigenvalue weighted by atomic mass is 9.90. The van der Waals surface area contributed by atoms with Gasteiger partial charge in [-0.3, -0.25) is 19.3 Å². The Bertz CT molecular complexity index is 1190. The summed E-state index contributed by atoms with van der Waals surface area (Å²) < 4.78 is 47.4. The highest BCUT2D eigenvalue weighted by Gasteiger charge is 2.38. The zero-order valence-corrected chi connectivity index (χ0v) is 22.2. The molecule has 2 fully saturated rings. The Hall–Kier alpha value is -2.67. The van der Waals surface area contributed by atoms with Crippen LogP contribution in [-0.4, -0.2) is 67.6 Å². The summed E-state index contributed by atoms with van der Waals surface area (Å²) in [5, 5.41) is 5.37. The highest BCUT2D eigenvalue weighted by atomic mass is 35.5. The fourth-order valence-corrected chi connectivity index (χ4v) is 5.56. The Labute approximate surface area is 227 Å². The zero-order valence-electron chi connectivity index (χ0n) is 20.6. The number of likely N-dealkylation sites (N-methyl/N-ethyl adjacent to an activating group) is 1. The normalized spacial score (nSPS) is 17.3. The van der Waals surface area contributed by atoms with Gasteiger partial charge in [0.2, 0.25) is 5.91 Å². The van der Waals surface area contributed by atoms with E-state index in [1.54, 1.807) is 12.1 Å². The van der Waals surface area contributed by atoms with Gasteiger partial charge in [-0.25, -0.2) is 0 Å². The molecule has 2 N–H and O–H groups in total. The summed E-state index contributed by atoms with van der Waals surface area (Å²) in [4.78, 5) is 41.6. The van der Waals surface area contributed by atoms with Gasteiger partial charge in [-0.15, -0.1) is 11.3 Å². The van der Waals surface area contributed by atoms with Crippen LogP contribution in [0.25, 0.3) is 0 Å². The van der Waals surface area contributed by atoms with E-state index >= 15 is 0 Å². The van der Waals surface area contributed by atoms with E-state index in [0.29, 0.717) is 15.8 Å². The molecule has 13 heteroatoms. The molecule has 4 rings (SSSR count). The minimum absolute atomic E-state index is 0.00229. The van der Waals surface area contributed by atoms with Crippen LogP contribution < -0.4 is 15.5 Å². The largest absolute Gasteiger partial charge is 0.418 e. The number of ether oxygens (including phenoxy) is 1. The van der Waals surface area contributed by atoms with Crippen LogP contribution in [0.15, 0.2) is 30.3 Å². The van der Waals surface area contributed by atoms with Crippen LogP contribution in [0.4, 0.5) is 24.5 Å². The van der Waals surface area contributed by atoms with Crippen LogP contribution in [0.5, 0.6) is 0 Å². The highest BCUT2D eigenvalue weighted by Crippen LogP contribution is 2.39. The highest BCUT2D eigenvalue weighted by molar-refractivity contribution is 7.18. The standard InChI is InChI=1S/C25H28ClF3N4O4S/c1-2-32(16-4-3-5-16)19(13-30-24(36)20-8-9-21(26)38-20)23(35)31-15-6-7-18(17(12-15)25(27,28)29)33-10-11-37-14-22(33)34/h6-9,12,16,19H,2-5,10-11,13-14H2,1H3,(H,30,36)(H,31,35)/t19-/m1/s1. The Kier molecular flexibility index (Phi) is 8.96. The number of carbonyl (C=O) groups excluding carboxylic acids is 3. The number of benzene rings is 1. The molecule has 3 amide bonds. The molecular formula is C25H28ClF3N4O4S. The number of rotatable bonds is 9. The van der Waals surface area contributed by atoms with Crippen molar-refractivity contribution in [1.82, 2.24) is 10.2 Å². The molecule has 1 aliphatic carbocycles. The van der Waals surface area contributed by atoms with Crippen LogP contribution in [0, 0.1) is 0 Å². The third kappa shape index (κ3) is 6.48. The topological polar surface area (TPSA) is 91.0 Å². The molecule has 0 unspecified atom stereocenters. The average Bonchev–Trinajstić information content (AvgIpc) is 3.28. The Balaban J connectivity index is 1.55. The minimum Gasteiger partial charge on any atom is -0.370 e. The van der Waals surface area contributed by atoms with Gasteiger partial charge >= 0.3 is 6.18 Å². The quantitative estimate of drug-likeness (QED) is 0.465. The van der Waals surface area contributed by atoms with E-state index in [4.69, 9.17) is 16.3 Å². The summed E-state index contributed by atoms with van der Waals surface area (Å²) in [5.41, 5.74) is -1.37. The minimum atomic E-state index is -4.76. The zero-order chi connectivity index (χ0) is 27.4. The summed E-state index contributed by atoms with van der Waals surface area (Å²) in [6.45, 7) is 2.22. The smallest absolute Gasteiger partial charge is 0.370 e. The van der Waals surface area contributed by atoms with Gasteiger partial charge in [0.25, 0.3) is 11.8 Å². The first kappa shape index (κ1) is 28.3. The number of morpholine rings is 1. The van der Waals surface area contributed by atoms with Gasteiger partial charge in [0.1, 0.15) is 12.6 Å². The number of nitrogens with one attached hydrogen (secondary N) is 2. The SMILES string of the molecule is CCN(C1CCC1)[C@H](CNC(=O)c1ccc(Cl)s1)C(=O)Nc1ccc(N2CCOCC2=O)c(C(F)(F)F)c1. The van der Waals surface area contributed by atoms with Crippen molar-refractivity contribution in [2.75, 3.05) is 43.1 Å². The molecule has 38 heavy (non-hydrogen) atoms. The Morgan fingerprint density at radius 2 is 2.03 bits per heavy atom. The summed E-state index contributed by atoms with van der Waals surface area (Å²) >= 11 is 7.03. The van der Waals surface area contributed by atoms with Crippen LogP contribution in [0.1, 0.15) is 41.4 Å². The maximum absolute atomic E-state index is 14.0. The van der Waals surface area contributed by atoms with Gasteiger partial charge in [0, 0.05) is 24.8 Å². The molecule has 8 nitrogen and oxygen atoms in total. The summed E-state index contributed by atoms with van der Waals surface area (Å²) in [6, 6.07) is 5.88. The lowest BCUT2D eigenvalue weighted by molar-refractivity contribution is -0.137. The predicted molar refractivity (Wildman–Crippen MR) is 139 cm³/mol. The molecule has 0 bridgehead atoms. The monoisotopic (exact) mass is 572 g/mol. The van der Waals surface area contributed by atoms with E-state index in [-0.39, 0.29) is 49.6 Å². The number of carbonyl (C=O) groups is 3. The van der Waals surface area contributed by atoms with Gasteiger partial charge < -0.3 is 20.3 Å². The molecule has 1 saturated heterocycles. The van der Waals surface area contributed by atoms with E-state index in [2.05, 4.69) is 10.6 Å². The lowest BCUT2D eigenvalue weighted by Crippen LogP contribution is -2.56. The number of halogens is 4. The number of hydrogen-bond acceptors (Lipinski definition) is 6. The molecule has 2 aromatic rings. The molecule has 1 aromatic carbocycles. The number of nitrogens with zero attached hydrogens (tertiary/aromatic N) is 2. The van der Waals surface area contributed by atoms with E-state index in [1.807, 2.05) is 11.8 Å². The van der Waals surface area contributed by atoms with Gasteiger partial charge in [-0.1, -0.05) is 24.9 Å². The Morgan fingerprint density at radius 3 is 2.61 bits per heavy atom. The molecule has 0 radical (unpaired) electrons. The van der Waals surface area contributed by atoms with Gasteiger partial charge in [-0.2, -0.15) is 13.2 Å². The van der Waals surface area contributed by atoms with Gasteiger partial charge in [0.05, 0.1) is 27.1 Å². The predicted octanol–water partition coefficient (Wildman–Crippen LogP) is 4.40. The number of anilines is 2. The third-order valence-electron chi connectivity index (χ3n) is 6.71. The lowest BCUT2D eigenvalue weighted by Gasteiger charge is -2.41. The van der Waals surface area contributed by atoms with Crippen LogP contribution >= 0.6 is 22.9 Å². The first-order chi connectivity index (χ1) is 18.1. The first-order valence-corrected chi connectivity index (χ1v) is 13.5. The second-order valence-corrected chi connectivity index (χ2v) is 10.8. The Morgan fingerprint density at radius 1 is 1.26 bits per heavy atom. The second kappa shape index (κ2) is 12.0. The molecule has 1 aliphatic heterocycles. The fraction of sp³-hybridized carbons (Fsp3) is 0.480. The summed E-state index contributed by atoms with van der Waals surface area (Å²) in [5.74, 6) is -1.49. The summed E-state index contributed by atoms with van der Waals surface area (Å²) in [7, 11) is 0. The molecule has 1 aromatic heterocycles. The number of hydrogen-bond donors (Lipinski definition) is 2.